The molecule has 0 unspecified atom stereocenters. The van der Waals surface area contributed by atoms with Gasteiger partial charge in [-0.2, -0.15) is 0 Å². The average molecular weight is 393 g/mol. The van der Waals surface area contributed by atoms with Crippen LogP contribution in [0.4, 0.5) is 0 Å². The van der Waals surface area contributed by atoms with Crippen molar-refractivity contribution in [3.63, 3.8) is 0 Å². The first-order valence-electron chi connectivity index (χ1n) is 9.67. The summed E-state index contributed by atoms with van der Waals surface area (Å²) in [5, 5.41) is 5.19. The Kier molecular flexibility index (Phi) is 6.09. The number of amides is 1. The molecule has 144 valence electrons. The van der Waals surface area contributed by atoms with E-state index in [9.17, 15) is 4.79 Å². The van der Waals surface area contributed by atoms with Gasteiger partial charge in [-0.25, -0.2) is 0 Å². The normalized spacial score (nSPS) is 18.5. The van der Waals surface area contributed by atoms with E-state index in [0.717, 1.165) is 48.7 Å². The van der Waals surface area contributed by atoms with Crippen molar-refractivity contribution in [2.24, 2.45) is 5.92 Å². The molecule has 1 aliphatic heterocycles. The predicted molar refractivity (Wildman–Crippen MR) is 111 cm³/mol. The van der Waals surface area contributed by atoms with Gasteiger partial charge in [0.2, 0.25) is 0 Å². The van der Waals surface area contributed by atoms with Gasteiger partial charge in [0.1, 0.15) is 0 Å². The molecule has 5 nitrogen and oxygen atoms in total. The van der Waals surface area contributed by atoms with Crippen LogP contribution in [0.2, 0.25) is 0 Å². The van der Waals surface area contributed by atoms with Crippen molar-refractivity contribution >= 4 is 17.2 Å². The zero-order valence-corrected chi connectivity index (χ0v) is 16.5. The van der Waals surface area contributed by atoms with Crippen LogP contribution < -0.4 is 5.32 Å². The van der Waals surface area contributed by atoms with Crippen LogP contribution in [-0.2, 0) is 6.54 Å². The maximum atomic E-state index is 12.8. The molecule has 6 heteroatoms. The number of nitrogens with zero attached hydrogens (tertiary/aromatic N) is 3. The number of nitrogens with one attached hydrogen (secondary N) is 1. The highest BCUT2D eigenvalue weighted by Gasteiger charge is 2.31. The molecule has 0 spiro atoms. The van der Waals surface area contributed by atoms with Crippen LogP contribution >= 0.6 is 11.3 Å². The first-order valence-corrected chi connectivity index (χ1v) is 10.5. The van der Waals surface area contributed by atoms with Crippen molar-refractivity contribution in [3.05, 3.63) is 82.6 Å². The Labute approximate surface area is 169 Å². The molecule has 3 aromatic rings. The minimum atomic E-state index is -0.0951. The summed E-state index contributed by atoms with van der Waals surface area (Å²) < 4.78 is 0. The fraction of sp³-hybridized carbons (Fsp3) is 0.318. The van der Waals surface area contributed by atoms with E-state index in [0.29, 0.717) is 5.92 Å². The summed E-state index contributed by atoms with van der Waals surface area (Å²) in [5.74, 6) is 0.295. The summed E-state index contributed by atoms with van der Waals surface area (Å²) in [6.45, 7) is 2.81. The van der Waals surface area contributed by atoms with Gasteiger partial charge in [0.05, 0.1) is 22.3 Å². The summed E-state index contributed by atoms with van der Waals surface area (Å²) in [6, 6.07) is 15.6. The molecule has 0 aromatic carbocycles. The summed E-state index contributed by atoms with van der Waals surface area (Å²) in [7, 11) is 0. The molecule has 1 fully saturated rings. The second-order valence-electron chi connectivity index (χ2n) is 7.14. The third kappa shape index (κ3) is 4.64. The minimum Gasteiger partial charge on any atom is -0.343 e. The molecule has 0 bridgehead atoms. The molecule has 1 amide bonds. The second-order valence-corrected chi connectivity index (χ2v) is 8.09. The fourth-order valence-electron chi connectivity index (χ4n) is 3.84. The van der Waals surface area contributed by atoms with Crippen LogP contribution in [0.1, 0.15) is 39.9 Å². The van der Waals surface area contributed by atoms with Crippen LogP contribution in [-0.4, -0.2) is 33.9 Å². The van der Waals surface area contributed by atoms with Crippen molar-refractivity contribution in [1.82, 2.24) is 20.2 Å². The van der Waals surface area contributed by atoms with E-state index in [-0.39, 0.29) is 11.9 Å². The van der Waals surface area contributed by atoms with Crippen molar-refractivity contribution in [2.75, 3.05) is 13.1 Å². The third-order valence-electron chi connectivity index (χ3n) is 5.16. The smallest absolute Gasteiger partial charge is 0.261 e. The Bertz CT molecular complexity index is 870. The Morgan fingerprint density at radius 3 is 2.71 bits per heavy atom. The molecule has 1 saturated heterocycles. The molecule has 1 N–H and O–H groups in total. The molecular formula is C22H24N4OS. The number of hydrogen-bond donors (Lipinski definition) is 1. The molecular weight excluding hydrogens is 368 g/mol. The lowest BCUT2D eigenvalue weighted by atomic mass is 9.88. The molecule has 3 aromatic heterocycles. The molecule has 4 heterocycles. The lowest BCUT2D eigenvalue weighted by Crippen LogP contribution is -2.43. The number of thiophene rings is 1. The Morgan fingerprint density at radius 1 is 1.14 bits per heavy atom. The highest BCUT2D eigenvalue weighted by Crippen LogP contribution is 2.30. The Balaban J connectivity index is 1.51. The van der Waals surface area contributed by atoms with Gasteiger partial charge in [0, 0.05) is 25.5 Å². The van der Waals surface area contributed by atoms with Crippen LogP contribution in [0.25, 0.3) is 0 Å². The topological polar surface area (TPSA) is 58.1 Å². The summed E-state index contributed by atoms with van der Waals surface area (Å²) in [6.07, 6.45) is 5.82. The van der Waals surface area contributed by atoms with E-state index in [1.54, 1.807) is 6.20 Å². The number of aromatic nitrogens is 2. The lowest BCUT2D eigenvalue weighted by Gasteiger charge is -2.37. The van der Waals surface area contributed by atoms with Gasteiger partial charge in [-0.05, 0) is 61.0 Å². The number of pyridine rings is 2. The van der Waals surface area contributed by atoms with Gasteiger partial charge in [-0.1, -0.05) is 18.2 Å². The summed E-state index contributed by atoms with van der Waals surface area (Å²) >= 11 is 1.47. The van der Waals surface area contributed by atoms with Crippen LogP contribution in [0, 0.1) is 5.92 Å². The largest absolute Gasteiger partial charge is 0.343 e. The van der Waals surface area contributed by atoms with E-state index in [4.69, 9.17) is 0 Å². The number of piperidine rings is 1. The van der Waals surface area contributed by atoms with Gasteiger partial charge in [-0.3, -0.25) is 19.7 Å². The SMILES string of the molecule is O=C(N[C@H](c1ccccn1)[C@H]1CCCN(Cc2ccccn2)C1)c1cccs1. The first-order chi connectivity index (χ1) is 13.8. The molecule has 0 saturated carbocycles. The predicted octanol–water partition coefficient (Wildman–Crippen LogP) is 3.92. The van der Waals surface area contributed by atoms with Gasteiger partial charge >= 0.3 is 0 Å². The summed E-state index contributed by atoms with van der Waals surface area (Å²) in [4.78, 5) is 24.9. The first kappa shape index (κ1) is 18.8. The van der Waals surface area contributed by atoms with Gasteiger partial charge in [0.25, 0.3) is 5.91 Å². The van der Waals surface area contributed by atoms with Crippen LogP contribution in [0.3, 0.4) is 0 Å². The number of hydrogen-bond acceptors (Lipinski definition) is 5. The number of rotatable bonds is 6. The van der Waals surface area contributed by atoms with Crippen LogP contribution in [0.5, 0.6) is 0 Å². The van der Waals surface area contributed by atoms with E-state index in [2.05, 4.69) is 26.3 Å². The average Bonchev–Trinajstić information content (AvgIpc) is 3.29. The maximum Gasteiger partial charge on any atom is 0.261 e. The fourth-order valence-corrected chi connectivity index (χ4v) is 4.47. The number of carbonyl (C=O) groups is 1. The zero-order valence-electron chi connectivity index (χ0n) is 15.7. The van der Waals surface area contributed by atoms with Crippen molar-refractivity contribution in [3.8, 4) is 0 Å². The summed E-state index contributed by atoms with van der Waals surface area (Å²) in [5.41, 5.74) is 2.01. The van der Waals surface area contributed by atoms with Crippen LogP contribution in [0.15, 0.2) is 66.3 Å². The monoisotopic (exact) mass is 392 g/mol. The lowest BCUT2D eigenvalue weighted by molar-refractivity contribution is 0.0878. The van der Waals surface area contributed by atoms with E-state index >= 15 is 0 Å². The molecule has 2 atom stereocenters. The highest BCUT2D eigenvalue weighted by molar-refractivity contribution is 7.12. The third-order valence-corrected chi connectivity index (χ3v) is 6.03. The van der Waals surface area contributed by atoms with E-state index in [1.165, 1.54) is 11.3 Å². The molecule has 4 rings (SSSR count). The Morgan fingerprint density at radius 2 is 2.00 bits per heavy atom. The standard InChI is InChI=1S/C22H24N4OS/c27-22(20-10-6-14-28-20)25-21(19-9-2-4-12-24-19)17-7-5-13-26(15-17)16-18-8-1-3-11-23-18/h1-4,6,8-12,14,17,21H,5,7,13,15-16H2,(H,25,27)/t17-,21-/m0/s1. The zero-order chi connectivity index (χ0) is 19.2. The molecule has 1 aliphatic rings. The molecule has 0 aliphatic carbocycles. The second kappa shape index (κ2) is 9.08. The van der Waals surface area contributed by atoms with Gasteiger partial charge < -0.3 is 5.32 Å². The quantitative estimate of drug-likeness (QED) is 0.691. The van der Waals surface area contributed by atoms with Gasteiger partial charge in [0.15, 0.2) is 0 Å². The van der Waals surface area contributed by atoms with E-state index in [1.807, 2.05) is 54.0 Å². The van der Waals surface area contributed by atoms with Crippen molar-refractivity contribution in [2.45, 2.75) is 25.4 Å². The highest BCUT2D eigenvalue weighted by atomic mass is 32.1. The van der Waals surface area contributed by atoms with Crippen molar-refractivity contribution in [1.29, 1.82) is 0 Å². The Hall–Kier alpha value is -2.57. The van der Waals surface area contributed by atoms with Gasteiger partial charge in [-0.15, -0.1) is 11.3 Å². The molecule has 0 radical (unpaired) electrons. The number of likely N-dealkylation sites (tertiary alicyclic amines) is 1. The number of carbonyl (C=O) groups excluding carboxylic acids is 1. The minimum absolute atomic E-state index is 0.0208. The maximum absolute atomic E-state index is 12.8. The van der Waals surface area contributed by atoms with E-state index < -0.39 is 0 Å². The molecule has 28 heavy (non-hydrogen) atoms. The van der Waals surface area contributed by atoms with Crippen molar-refractivity contribution < 1.29 is 4.79 Å².